The second-order valence-corrected chi connectivity index (χ2v) is 7.11. The van der Waals surface area contributed by atoms with Gasteiger partial charge in [0, 0.05) is 40.9 Å². The maximum atomic E-state index is 12.8. The Labute approximate surface area is 152 Å². The molecule has 4 nitrogen and oxygen atoms in total. The average molecular weight is 347 g/mol. The lowest BCUT2D eigenvalue weighted by molar-refractivity contribution is 0.0688. The zero-order valence-corrected chi connectivity index (χ0v) is 14.8. The molecule has 1 saturated heterocycles. The Balaban J connectivity index is 1.64. The van der Waals surface area contributed by atoms with Crippen molar-refractivity contribution in [3.63, 3.8) is 0 Å². The number of hydrogen-bond donors (Lipinski definition) is 0. The SMILES string of the molecule is CCC1CCN(C(=O)c2ccc3c(c2)C(=O)c2ccccc2C3=O)CC1. The van der Waals surface area contributed by atoms with Gasteiger partial charge in [0.25, 0.3) is 5.91 Å². The molecule has 0 spiro atoms. The van der Waals surface area contributed by atoms with E-state index in [9.17, 15) is 14.4 Å². The van der Waals surface area contributed by atoms with Gasteiger partial charge in [0.1, 0.15) is 0 Å². The normalized spacial score (nSPS) is 17.0. The van der Waals surface area contributed by atoms with Crippen LogP contribution < -0.4 is 0 Å². The molecule has 1 heterocycles. The van der Waals surface area contributed by atoms with Crippen molar-refractivity contribution < 1.29 is 14.4 Å². The first-order chi connectivity index (χ1) is 12.6. The fourth-order valence-electron chi connectivity index (χ4n) is 3.96. The van der Waals surface area contributed by atoms with Crippen LogP contribution in [0.1, 0.15) is 68.4 Å². The molecule has 4 heteroatoms. The van der Waals surface area contributed by atoms with E-state index in [1.807, 2.05) is 4.90 Å². The molecule has 1 fully saturated rings. The Morgan fingerprint density at radius 2 is 1.50 bits per heavy atom. The van der Waals surface area contributed by atoms with Crippen molar-refractivity contribution in [3.05, 3.63) is 70.3 Å². The molecule has 2 aliphatic rings. The van der Waals surface area contributed by atoms with Gasteiger partial charge in [-0.25, -0.2) is 0 Å². The van der Waals surface area contributed by atoms with Gasteiger partial charge in [-0.05, 0) is 37.0 Å². The third kappa shape index (κ3) is 2.66. The van der Waals surface area contributed by atoms with Gasteiger partial charge in [0.05, 0.1) is 0 Å². The van der Waals surface area contributed by atoms with Crippen LogP contribution in [0, 0.1) is 5.92 Å². The van der Waals surface area contributed by atoms with Gasteiger partial charge in [-0.15, -0.1) is 0 Å². The molecule has 0 saturated carbocycles. The summed E-state index contributed by atoms with van der Waals surface area (Å²) in [5.41, 5.74) is 2.06. The predicted octanol–water partition coefficient (Wildman–Crippen LogP) is 3.72. The summed E-state index contributed by atoms with van der Waals surface area (Å²) >= 11 is 0. The number of carbonyl (C=O) groups is 3. The number of rotatable bonds is 2. The van der Waals surface area contributed by atoms with E-state index in [1.165, 1.54) is 0 Å². The van der Waals surface area contributed by atoms with Crippen molar-refractivity contribution in [1.82, 2.24) is 4.90 Å². The number of ketones is 2. The number of carbonyl (C=O) groups excluding carboxylic acids is 3. The maximum Gasteiger partial charge on any atom is 0.253 e. The van der Waals surface area contributed by atoms with E-state index in [0.717, 1.165) is 32.4 Å². The standard InChI is InChI=1S/C22H21NO3/c1-2-14-9-11-23(12-10-14)22(26)15-7-8-18-19(13-15)21(25)17-6-4-3-5-16(17)20(18)24/h3-8,13-14H,2,9-12H2,1H3. The third-order valence-corrected chi connectivity index (χ3v) is 5.65. The first-order valence-electron chi connectivity index (χ1n) is 9.22. The van der Waals surface area contributed by atoms with E-state index < -0.39 is 0 Å². The van der Waals surface area contributed by atoms with E-state index in [4.69, 9.17) is 0 Å². The summed E-state index contributed by atoms with van der Waals surface area (Å²) in [6.07, 6.45) is 3.20. The van der Waals surface area contributed by atoms with E-state index in [0.29, 0.717) is 33.7 Å². The molecule has 4 rings (SSSR count). The number of benzene rings is 2. The van der Waals surface area contributed by atoms with Gasteiger partial charge in [-0.1, -0.05) is 37.6 Å². The van der Waals surface area contributed by atoms with Crippen LogP contribution in [-0.4, -0.2) is 35.5 Å². The number of piperidine rings is 1. The number of nitrogens with zero attached hydrogens (tertiary/aromatic N) is 1. The number of likely N-dealkylation sites (tertiary alicyclic amines) is 1. The highest BCUT2D eigenvalue weighted by molar-refractivity contribution is 6.28. The lowest BCUT2D eigenvalue weighted by Crippen LogP contribution is -2.38. The van der Waals surface area contributed by atoms with Crippen molar-refractivity contribution in [2.24, 2.45) is 5.92 Å². The van der Waals surface area contributed by atoms with Crippen molar-refractivity contribution in [3.8, 4) is 0 Å². The summed E-state index contributed by atoms with van der Waals surface area (Å²) < 4.78 is 0. The highest BCUT2D eigenvalue weighted by Crippen LogP contribution is 2.29. The van der Waals surface area contributed by atoms with Crippen LogP contribution in [0.4, 0.5) is 0 Å². The third-order valence-electron chi connectivity index (χ3n) is 5.65. The molecule has 0 bridgehead atoms. The summed E-state index contributed by atoms with van der Waals surface area (Å²) in [7, 11) is 0. The van der Waals surface area contributed by atoms with E-state index in [-0.39, 0.29) is 17.5 Å². The molecule has 132 valence electrons. The van der Waals surface area contributed by atoms with Crippen molar-refractivity contribution in [2.75, 3.05) is 13.1 Å². The predicted molar refractivity (Wildman–Crippen MR) is 98.7 cm³/mol. The molecule has 0 atom stereocenters. The van der Waals surface area contributed by atoms with Gasteiger partial charge in [-0.3, -0.25) is 14.4 Å². The lowest BCUT2D eigenvalue weighted by atomic mass is 9.83. The van der Waals surface area contributed by atoms with Crippen LogP contribution in [0.5, 0.6) is 0 Å². The molecule has 0 N–H and O–H groups in total. The molecule has 0 aromatic heterocycles. The fraction of sp³-hybridized carbons (Fsp3) is 0.318. The van der Waals surface area contributed by atoms with Crippen LogP contribution in [-0.2, 0) is 0 Å². The Morgan fingerprint density at radius 3 is 2.12 bits per heavy atom. The van der Waals surface area contributed by atoms with Gasteiger partial charge in [0.2, 0.25) is 0 Å². The highest BCUT2D eigenvalue weighted by atomic mass is 16.2. The van der Waals surface area contributed by atoms with Crippen LogP contribution in [0.25, 0.3) is 0 Å². The summed E-state index contributed by atoms with van der Waals surface area (Å²) in [4.78, 5) is 40.2. The molecule has 26 heavy (non-hydrogen) atoms. The first-order valence-corrected chi connectivity index (χ1v) is 9.22. The van der Waals surface area contributed by atoms with Crippen molar-refractivity contribution in [1.29, 1.82) is 0 Å². The zero-order valence-electron chi connectivity index (χ0n) is 14.8. The van der Waals surface area contributed by atoms with E-state index in [1.54, 1.807) is 42.5 Å². The van der Waals surface area contributed by atoms with E-state index >= 15 is 0 Å². The van der Waals surface area contributed by atoms with Crippen LogP contribution in [0.3, 0.4) is 0 Å². The Kier molecular flexibility index (Phi) is 4.19. The maximum absolute atomic E-state index is 12.8. The Morgan fingerprint density at radius 1 is 0.923 bits per heavy atom. The second-order valence-electron chi connectivity index (χ2n) is 7.11. The lowest BCUT2D eigenvalue weighted by Gasteiger charge is -2.31. The quantitative estimate of drug-likeness (QED) is 0.710. The molecule has 0 unspecified atom stereocenters. The molecule has 2 aromatic carbocycles. The van der Waals surface area contributed by atoms with Gasteiger partial charge < -0.3 is 4.90 Å². The number of amides is 1. The minimum absolute atomic E-state index is 0.0542. The highest BCUT2D eigenvalue weighted by Gasteiger charge is 2.31. The molecule has 1 amide bonds. The monoisotopic (exact) mass is 347 g/mol. The summed E-state index contributed by atoms with van der Waals surface area (Å²) in [6, 6.07) is 11.7. The van der Waals surface area contributed by atoms with Crippen LogP contribution in [0.15, 0.2) is 42.5 Å². The van der Waals surface area contributed by atoms with Crippen molar-refractivity contribution >= 4 is 17.5 Å². The van der Waals surface area contributed by atoms with Gasteiger partial charge in [-0.2, -0.15) is 0 Å². The average Bonchev–Trinajstić information content (AvgIpc) is 2.71. The van der Waals surface area contributed by atoms with Gasteiger partial charge in [0.15, 0.2) is 11.6 Å². The van der Waals surface area contributed by atoms with Crippen LogP contribution in [0.2, 0.25) is 0 Å². The molecular formula is C22H21NO3. The molecule has 2 aromatic rings. The molecule has 1 aliphatic heterocycles. The van der Waals surface area contributed by atoms with Gasteiger partial charge >= 0.3 is 0 Å². The van der Waals surface area contributed by atoms with Crippen molar-refractivity contribution in [2.45, 2.75) is 26.2 Å². The largest absolute Gasteiger partial charge is 0.339 e. The second kappa shape index (κ2) is 6.52. The minimum atomic E-state index is -0.186. The van der Waals surface area contributed by atoms with E-state index in [2.05, 4.69) is 6.92 Å². The smallest absolute Gasteiger partial charge is 0.253 e. The zero-order chi connectivity index (χ0) is 18.3. The summed E-state index contributed by atoms with van der Waals surface area (Å²) in [6.45, 7) is 3.69. The molecule has 1 aliphatic carbocycles. The summed E-state index contributed by atoms with van der Waals surface area (Å²) in [5, 5.41) is 0. The number of fused-ring (bicyclic) bond motifs is 2. The first kappa shape index (κ1) is 16.7. The molecular weight excluding hydrogens is 326 g/mol. The minimum Gasteiger partial charge on any atom is -0.339 e. The Hall–Kier alpha value is -2.75. The van der Waals surface area contributed by atoms with Crippen LogP contribution >= 0.6 is 0 Å². The number of hydrogen-bond acceptors (Lipinski definition) is 3. The molecule has 0 radical (unpaired) electrons. The fourth-order valence-corrected chi connectivity index (χ4v) is 3.96. The summed E-state index contributed by atoms with van der Waals surface area (Å²) in [5.74, 6) is 0.298. The Bertz CT molecular complexity index is 907. The topological polar surface area (TPSA) is 54.5 Å².